The number of benzene rings is 1. The Balaban J connectivity index is 2.43. The first kappa shape index (κ1) is 15.4. The number of aryl methyl sites for hydroxylation is 2. The second kappa shape index (κ2) is 6.21. The molecule has 0 aliphatic rings. The number of nitrogens with zero attached hydrogens (tertiary/aromatic N) is 3. The van der Waals surface area contributed by atoms with Crippen molar-refractivity contribution in [1.29, 1.82) is 0 Å². The van der Waals surface area contributed by atoms with Gasteiger partial charge in [-0.1, -0.05) is 13.3 Å². The molecule has 0 amide bonds. The van der Waals surface area contributed by atoms with Crippen molar-refractivity contribution in [3.8, 4) is 11.6 Å². The van der Waals surface area contributed by atoms with Crippen LogP contribution in [-0.2, 0) is 13.5 Å². The molecule has 0 saturated carbocycles. The molecule has 1 aromatic carbocycles. The van der Waals surface area contributed by atoms with Crippen LogP contribution in [-0.4, -0.2) is 14.7 Å². The standard InChI is InChI=1S/C13H13BrFN3O3/c1-3-4-11-12(18(19)20)13(17(2)16-11)21-8-5-6-10(15)9(14)7-8/h5-7H,3-4H2,1-2H3. The molecular weight excluding hydrogens is 345 g/mol. The van der Waals surface area contributed by atoms with E-state index in [0.29, 0.717) is 12.1 Å². The highest BCUT2D eigenvalue weighted by Crippen LogP contribution is 2.35. The van der Waals surface area contributed by atoms with E-state index in [1.807, 2.05) is 6.92 Å². The Kier molecular flexibility index (Phi) is 4.56. The zero-order valence-electron chi connectivity index (χ0n) is 11.5. The number of rotatable bonds is 5. The molecule has 0 N–H and O–H groups in total. The van der Waals surface area contributed by atoms with Gasteiger partial charge in [0.1, 0.15) is 17.3 Å². The first-order chi connectivity index (χ1) is 9.93. The van der Waals surface area contributed by atoms with Crippen LogP contribution in [0.3, 0.4) is 0 Å². The lowest BCUT2D eigenvalue weighted by Crippen LogP contribution is -1.97. The number of aromatic nitrogens is 2. The summed E-state index contributed by atoms with van der Waals surface area (Å²) in [6.45, 7) is 1.91. The largest absolute Gasteiger partial charge is 0.434 e. The molecule has 0 saturated heterocycles. The molecule has 2 rings (SSSR count). The lowest BCUT2D eigenvalue weighted by atomic mass is 10.2. The van der Waals surface area contributed by atoms with Crippen LogP contribution < -0.4 is 4.74 Å². The average Bonchev–Trinajstić information content (AvgIpc) is 2.71. The zero-order chi connectivity index (χ0) is 15.6. The van der Waals surface area contributed by atoms with Crippen LogP contribution in [0, 0.1) is 15.9 Å². The highest BCUT2D eigenvalue weighted by Gasteiger charge is 2.28. The van der Waals surface area contributed by atoms with Gasteiger partial charge >= 0.3 is 5.69 Å². The van der Waals surface area contributed by atoms with Gasteiger partial charge in [0.05, 0.1) is 9.40 Å². The van der Waals surface area contributed by atoms with E-state index < -0.39 is 10.7 Å². The molecular formula is C13H13BrFN3O3. The van der Waals surface area contributed by atoms with Gasteiger partial charge in [0.15, 0.2) is 0 Å². The molecule has 21 heavy (non-hydrogen) atoms. The normalized spacial score (nSPS) is 10.7. The molecule has 112 valence electrons. The van der Waals surface area contributed by atoms with Gasteiger partial charge in [-0.15, -0.1) is 0 Å². The maximum atomic E-state index is 13.2. The first-order valence-corrected chi connectivity index (χ1v) is 7.06. The fourth-order valence-electron chi connectivity index (χ4n) is 1.91. The van der Waals surface area contributed by atoms with Crippen molar-refractivity contribution in [2.24, 2.45) is 7.05 Å². The maximum Gasteiger partial charge on any atom is 0.353 e. The third kappa shape index (κ3) is 3.21. The van der Waals surface area contributed by atoms with Crippen molar-refractivity contribution >= 4 is 21.6 Å². The predicted octanol–water partition coefficient (Wildman–Crippen LogP) is 3.97. The topological polar surface area (TPSA) is 70.2 Å². The Morgan fingerprint density at radius 1 is 1.52 bits per heavy atom. The Labute approximate surface area is 128 Å². The van der Waals surface area contributed by atoms with E-state index in [4.69, 9.17) is 4.74 Å². The summed E-state index contributed by atoms with van der Waals surface area (Å²) in [5.41, 5.74) is 0.223. The summed E-state index contributed by atoms with van der Waals surface area (Å²) in [6.07, 6.45) is 1.22. The van der Waals surface area contributed by atoms with Crippen molar-refractivity contribution in [2.75, 3.05) is 0 Å². The minimum Gasteiger partial charge on any atom is -0.434 e. The van der Waals surface area contributed by atoms with E-state index in [0.717, 1.165) is 6.42 Å². The van der Waals surface area contributed by atoms with Crippen LogP contribution in [0.5, 0.6) is 11.6 Å². The molecule has 0 fully saturated rings. The summed E-state index contributed by atoms with van der Waals surface area (Å²) in [6, 6.07) is 4.02. The second-order valence-electron chi connectivity index (χ2n) is 4.41. The van der Waals surface area contributed by atoms with Crippen LogP contribution in [0.4, 0.5) is 10.1 Å². The van der Waals surface area contributed by atoms with Crippen molar-refractivity contribution in [3.05, 3.63) is 44.3 Å². The SMILES string of the molecule is CCCc1nn(C)c(Oc2ccc(F)c(Br)c2)c1[N+](=O)[O-]. The molecule has 0 radical (unpaired) electrons. The van der Waals surface area contributed by atoms with Gasteiger partial charge in [-0.25, -0.2) is 9.07 Å². The number of hydrogen-bond donors (Lipinski definition) is 0. The molecule has 2 aromatic rings. The average molecular weight is 358 g/mol. The molecule has 1 heterocycles. The molecule has 0 unspecified atom stereocenters. The molecule has 0 aliphatic heterocycles. The number of nitro groups is 1. The Hall–Kier alpha value is -1.96. The predicted molar refractivity (Wildman–Crippen MR) is 78.0 cm³/mol. The smallest absolute Gasteiger partial charge is 0.353 e. The monoisotopic (exact) mass is 357 g/mol. The number of hydrogen-bond acceptors (Lipinski definition) is 4. The molecule has 6 nitrogen and oxygen atoms in total. The van der Waals surface area contributed by atoms with Crippen LogP contribution in [0.25, 0.3) is 0 Å². The Bertz CT molecular complexity index is 688. The third-order valence-electron chi connectivity index (χ3n) is 2.82. The van der Waals surface area contributed by atoms with E-state index in [1.165, 1.54) is 22.9 Å². The minimum atomic E-state index is -0.508. The molecule has 0 spiro atoms. The van der Waals surface area contributed by atoms with E-state index >= 15 is 0 Å². The summed E-state index contributed by atoms with van der Waals surface area (Å²) >= 11 is 3.04. The molecule has 0 bridgehead atoms. The summed E-state index contributed by atoms with van der Waals surface area (Å²) in [5.74, 6) is -0.118. The summed E-state index contributed by atoms with van der Waals surface area (Å²) in [5, 5.41) is 15.4. The summed E-state index contributed by atoms with van der Waals surface area (Å²) in [4.78, 5) is 10.7. The Morgan fingerprint density at radius 3 is 2.81 bits per heavy atom. The minimum absolute atomic E-state index is 0.0296. The van der Waals surface area contributed by atoms with E-state index in [-0.39, 0.29) is 21.8 Å². The van der Waals surface area contributed by atoms with Gasteiger partial charge in [-0.3, -0.25) is 10.1 Å². The Morgan fingerprint density at radius 2 is 2.24 bits per heavy atom. The molecule has 1 aromatic heterocycles. The van der Waals surface area contributed by atoms with Crippen LogP contribution in [0.1, 0.15) is 19.0 Å². The lowest BCUT2D eigenvalue weighted by Gasteiger charge is -2.05. The van der Waals surface area contributed by atoms with Crippen LogP contribution in [0.15, 0.2) is 22.7 Å². The van der Waals surface area contributed by atoms with E-state index in [2.05, 4.69) is 21.0 Å². The van der Waals surface area contributed by atoms with Crippen molar-refractivity contribution < 1.29 is 14.1 Å². The highest BCUT2D eigenvalue weighted by molar-refractivity contribution is 9.10. The molecule has 0 aliphatic carbocycles. The van der Waals surface area contributed by atoms with E-state index in [1.54, 1.807) is 7.05 Å². The highest BCUT2D eigenvalue weighted by atomic mass is 79.9. The van der Waals surface area contributed by atoms with Crippen molar-refractivity contribution in [2.45, 2.75) is 19.8 Å². The molecule has 0 atom stereocenters. The zero-order valence-corrected chi connectivity index (χ0v) is 13.1. The van der Waals surface area contributed by atoms with Gasteiger partial charge in [0.2, 0.25) is 0 Å². The van der Waals surface area contributed by atoms with Gasteiger partial charge in [0.25, 0.3) is 5.88 Å². The van der Waals surface area contributed by atoms with Gasteiger partial charge < -0.3 is 4.74 Å². The maximum absolute atomic E-state index is 13.2. The second-order valence-corrected chi connectivity index (χ2v) is 5.26. The lowest BCUT2D eigenvalue weighted by molar-refractivity contribution is -0.386. The van der Waals surface area contributed by atoms with Gasteiger partial charge in [0, 0.05) is 7.05 Å². The van der Waals surface area contributed by atoms with Crippen molar-refractivity contribution in [3.63, 3.8) is 0 Å². The fraction of sp³-hybridized carbons (Fsp3) is 0.308. The van der Waals surface area contributed by atoms with Gasteiger partial charge in [-0.2, -0.15) is 5.10 Å². The number of halogens is 2. The number of ether oxygens (including phenoxy) is 1. The summed E-state index contributed by atoms with van der Waals surface area (Å²) in [7, 11) is 1.57. The molecule has 8 heteroatoms. The summed E-state index contributed by atoms with van der Waals surface area (Å²) < 4.78 is 20.3. The van der Waals surface area contributed by atoms with Crippen molar-refractivity contribution in [1.82, 2.24) is 9.78 Å². The fourth-order valence-corrected chi connectivity index (χ4v) is 2.26. The third-order valence-corrected chi connectivity index (χ3v) is 3.42. The van der Waals surface area contributed by atoms with Crippen LogP contribution >= 0.6 is 15.9 Å². The first-order valence-electron chi connectivity index (χ1n) is 6.27. The van der Waals surface area contributed by atoms with Gasteiger partial charge in [-0.05, 0) is 40.5 Å². The quantitative estimate of drug-likeness (QED) is 0.599. The van der Waals surface area contributed by atoms with E-state index in [9.17, 15) is 14.5 Å². The van der Waals surface area contributed by atoms with Crippen LogP contribution in [0.2, 0.25) is 0 Å².